The number of aromatic amines is 1. The fourth-order valence-corrected chi connectivity index (χ4v) is 4.35. The number of nitrogens with one attached hydrogen (secondary N) is 2. The van der Waals surface area contributed by atoms with Gasteiger partial charge >= 0.3 is 0 Å². The largest absolute Gasteiger partial charge is 0.341 e. The number of carbonyl (C=O) groups excluding carboxylic acids is 1. The van der Waals surface area contributed by atoms with Gasteiger partial charge in [0.2, 0.25) is 5.95 Å². The average molecular weight is 421 g/mol. The predicted molar refractivity (Wildman–Crippen MR) is 118 cm³/mol. The van der Waals surface area contributed by atoms with Crippen molar-refractivity contribution >= 4 is 16.9 Å². The number of pyridine rings is 2. The first-order chi connectivity index (χ1) is 15.7. The highest BCUT2D eigenvalue weighted by Gasteiger charge is 2.32. The molecule has 0 saturated carbocycles. The molecule has 1 aliphatic carbocycles. The van der Waals surface area contributed by atoms with Crippen LogP contribution in [0.2, 0.25) is 0 Å². The lowest BCUT2D eigenvalue weighted by Gasteiger charge is -2.16. The van der Waals surface area contributed by atoms with E-state index in [9.17, 15) is 9.18 Å². The summed E-state index contributed by atoms with van der Waals surface area (Å²) in [6.45, 7) is 0. The van der Waals surface area contributed by atoms with Gasteiger partial charge < -0.3 is 10.3 Å². The maximum absolute atomic E-state index is 13.5. The van der Waals surface area contributed by atoms with Crippen molar-refractivity contribution in [2.75, 3.05) is 0 Å². The second kappa shape index (κ2) is 7.09. The monoisotopic (exact) mass is 421 g/mol. The third-order valence-corrected chi connectivity index (χ3v) is 5.75. The fourth-order valence-electron chi connectivity index (χ4n) is 4.35. The molecular formula is C25H16FN5O. The Kier molecular flexibility index (Phi) is 4.07. The number of rotatable bonds is 3. The second-order valence-corrected chi connectivity index (χ2v) is 7.61. The van der Waals surface area contributed by atoms with E-state index >= 15 is 0 Å². The zero-order valence-electron chi connectivity index (χ0n) is 16.7. The molecule has 154 valence electrons. The molecule has 0 aliphatic heterocycles. The molecule has 0 radical (unpaired) electrons. The minimum Gasteiger partial charge on any atom is -0.341 e. The van der Waals surface area contributed by atoms with Crippen LogP contribution in [0.4, 0.5) is 4.39 Å². The van der Waals surface area contributed by atoms with E-state index in [1.54, 1.807) is 12.4 Å². The van der Waals surface area contributed by atoms with E-state index in [4.69, 9.17) is 4.98 Å². The van der Waals surface area contributed by atoms with Gasteiger partial charge in [-0.25, -0.2) is 9.97 Å². The van der Waals surface area contributed by atoms with E-state index in [-0.39, 0.29) is 17.5 Å². The minimum atomic E-state index is -0.688. The normalized spacial score (nSPS) is 14.2. The summed E-state index contributed by atoms with van der Waals surface area (Å²) in [7, 11) is 0. The topological polar surface area (TPSA) is 83.6 Å². The number of carbonyl (C=O) groups is 1. The molecule has 3 aromatic heterocycles. The summed E-state index contributed by atoms with van der Waals surface area (Å²) in [4.78, 5) is 28.7. The second-order valence-electron chi connectivity index (χ2n) is 7.61. The van der Waals surface area contributed by atoms with Crippen LogP contribution in [0.5, 0.6) is 0 Å². The van der Waals surface area contributed by atoms with Crippen LogP contribution in [-0.4, -0.2) is 25.8 Å². The van der Waals surface area contributed by atoms with Crippen molar-refractivity contribution in [1.29, 1.82) is 0 Å². The molecule has 1 unspecified atom stereocenters. The molecule has 0 bridgehead atoms. The van der Waals surface area contributed by atoms with E-state index in [1.165, 1.54) is 12.3 Å². The lowest BCUT2D eigenvalue weighted by Crippen LogP contribution is -2.28. The summed E-state index contributed by atoms with van der Waals surface area (Å²) >= 11 is 0. The summed E-state index contributed by atoms with van der Waals surface area (Å²) in [5, 5.41) is 3.07. The Labute approximate surface area is 182 Å². The number of H-pyrrole nitrogens is 1. The maximum Gasteiger partial charge on any atom is 0.252 e. The third-order valence-electron chi connectivity index (χ3n) is 5.75. The highest BCUT2D eigenvalue weighted by molar-refractivity contribution is 5.97. The number of hydrogen-bond acceptors (Lipinski definition) is 4. The highest BCUT2D eigenvalue weighted by Crippen LogP contribution is 2.47. The van der Waals surface area contributed by atoms with Crippen molar-refractivity contribution in [1.82, 2.24) is 25.3 Å². The zero-order chi connectivity index (χ0) is 21.7. The lowest BCUT2D eigenvalue weighted by molar-refractivity contribution is 0.0943. The van der Waals surface area contributed by atoms with Gasteiger partial charge in [0, 0.05) is 29.6 Å². The van der Waals surface area contributed by atoms with Gasteiger partial charge in [0.25, 0.3) is 5.91 Å². The molecule has 2 N–H and O–H groups in total. The summed E-state index contributed by atoms with van der Waals surface area (Å²) in [5.74, 6) is -0.312. The van der Waals surface area contributed by atoms with E-state index in [0.29, 0.717) is 0 Å². The Bertz CT molecular complexity index is 1480. The molecule has 0 saturated heterocycles. The number of benzene rings is 2. The first-order valence-corrected chi connectivity index (χ1v) is 10.1. The standard InChI is InChI=1S/C25H16FN5O/c26-21-12-14(8-11-28-21)25(32)31-23-16-5-2-1-4-15(16)22-17(23)6-3-7-18(22)24-29-19-9-10-27-13-20(19)30-24/h1-13,23H,(H,29,30)(H,31,32). The van der Waals surface area contributed by atoms with Crippen LogP contribution in [0.15, 0.2) is 79.3 Å². The molecule has 5 aromatic rings. The van der Waals surface area contributed by atoms with Gasteiger partial charge in [0.1, 0.15) is 5.82 Å². The van der Waals surface area contributed by atoms with Gasteiger partial charge in [-0.05, 0) is 34.4 Å². The van der Waals surface area contributed by atoms with Crippen LogP contribution in [0.1, 0.15) is 27.5 Å². The molecular weight excluding hydrogens is 405 g/mol. The molecule has 6 nitrogen and oxygen atoms in total. The maximum atomic E-state index is 13.5. The summed E-state index contributed by atoms with van der Waals surface area (Å²) in [5.41, 5.74) is 6.85. The van der Waals surface area contributed by atoms with Crippen molar-refractivity contribution in [2.24, 2.45) is 0 Å². The lowest BCUT2D eigenvalue weighted by atomic mass is 9.98. The first-order valence-electron chi connectivity index (χ1n) is 10.1. The van der Waals surface area contributed by atoms with E-state index < -0.39 is 5.95 Å². The smallest absolute Gasteiger partial charge is 0.252 e. The third kappa shape index (κ3) is 2.86. The SMILES string of the molecule is O=C(NC1c2ccccc2-c2c(-c3nc4ccncc4[nH]3)cccc21)c1ccnc(F)c1. The number of fused-ring (bicyclic) bond motifs is 4. The number of hydrogen-bond donors (Lipinski definition) is 2. The number of nitrogens with zero attached hydrogens (tertiary/aromatic N) is 3. The van der Waals surface area contributed by atoms with E-state index in [1.807, 2.05) is 48.5 Å². The van der Waals surface area contributed by atoms with Crippen molar-refractivity contribution < 1.29 is 9.18 Å². The summed E-state index contributed by atoms with van der Waals surface area (Å²) < 4.78 is 13.5. The van der Waals surface area contributed by atoms with Crippen molar-refractivity contribution in [3.8, 4) is 22.5 Å². The van der Waals surface area contributed by atoms with Crippen LogP contribution >= 0.6 is 0 Å². The Morgan fingerprint density at radius 3 is 2.69 bits per heavy atom. The van der Waals surface area contributed by atoms with Gasteiger partial charge in [-0.3, -0.25) is 9.78 Å². The van der Waals surface area contributed by atoms with Crippen LogP contribution in [0.25, 0.3) is 33.5 Å². The van der Waals surface area contributed by atoms with E-state index in [0.717, 1.165) is 50.7 Å². The molecule has 1 atom stereocenters. The van der Waals surface area contributed by atoms with Gasteiger partial charge in [-0.1, -0.05) is 42.5 Å². The molecule has 32 heavy (non-hydrogen) atoms. The molecule has 0 spiro atoms. The minimum absolute atomic E-state index is 0.226. The summed E-state index contributed by atoms with van der Waals surface area (Å²) in [6.07, 6.45) is 4.75. The number of imidazole rings is 1. The molecule has 1 aliphatic rings. The number of aromatic nitrogens is 4. The molecule has 6 rings (SSSR count). The molecule has 2 aromatic carbocycles. The highest BCUT2D eigenvalue weighted by atomic mass is 19.1. The van der Waals surface area contributed by atoms with Crippen molar-refractivity contribution in [3.05, 3.63) is 102 Å². The quantitative estimate of drug-likeness (QED) is 0.415. The molecule has 0 fully saturated rings. The average Bonchev–Trinajstić information content (AvgIpc) is 3.39. The number of amides is 1. The van der Waals surface area contributed by atoms with Crippen molar-refractivity contribution in [3.63, 3.8) is 0 Å². The zero-order valence-corrected chi connectivity index (χ0v) is 16.7. The van der Waals surface area contributed by atoms with Gasteiger partial charge in [-0.15, -0.1) is 0 Å². The Balaban J connectivity index is 1.48. The molecule has 3 heterocycles. The van der Waals surface area contributed by atoms with Crippen molar-refractivity contribution in [2.45, 2.75) is 6.04 Å². The molecule has 1 amide bonds. The van der Waals surface area contributed by atoms with Crippen LogP contribution in [0, 0.1) is 5.95 Å². The Morgan fingerprint density at radius 1 is 0.969 bits per heavy atom. The van der Waals surface area contributed by atoms with Crippen LogP contribution in [0.3, 0.4) is 0 Å². The Hall–Kier alpha value is -4.39. The number of halogens is 1. The van der Waals surface area contributed by atoms with Crippen LogP contribution in [-0.2, 0) is 0 Å². The van der Waals surface area contributed by atoms with Gasteiger partial charge in [0.15, 0.2) is 0 Å². The van der Waals surface area contributed by atoms with Gasteiger partial charge in [-0.2, -0.15) is 4.39 Å². The first kappa shape index (κ1) is 18.4. The Morgan fingerprint density at radius 2 is 1.81 bits per heavy atom. The predicted octanol–water partition coefficient (Wildman–Crippen LogP) is 4.66. The van der Waals surface area contributed by atoms with Crippen LogP contribution < -0.4 is 5.32 Å². The molecule has 7 heteroatoms. The summed E-state index contributed by atoms with van der Waals surface area (Å²) in [6, 6.07) is 18.1. The van der Waals surface area contributed by atoms with E-state index in [2.05, 4.69) is 20.3 Å². The fraction of sp³-hybridized carbons (Fsp3) is 0.0400. The van der Waals surface area contributed by atoms with Gasteiger partial charge in [0.05, 0.1) is 23.3 Å².